The Bertz CT molecular complexity index is 399. The summed E-state index contributed by atoms with van der Waals surface area (Å²) < 4.78 is 17.4. The molecule has 0 radical (unpaired) electrons. The van der Waals surface area contributed by atoms with E-state index < -0.39 is 0 Å². The van der Waals surface area contributed by atoms with Gasteiger partial charge in [-0.3, -0.25) is 0 Å². The standard InChI is InChI=1S/C16H26BrNO3/c1-13(2)12-20-8-9-21-16-5-4-15(17)10-14(16)11-18-6-7-19-3/h4-5,10,13,18H,6-9,11-12H2,1-3H3. The molecule has 0 heterocycles. The summed E-state index contributed by atoms with van der Waals surface area (Å²) in [6, 6.07) is 6.05. The number of benzene rings is 1. The van der Waals surface area contributed by atoms with E-state index in [1.165, 1.54) is 0 Å². The van der Waals surface area contributed by atoms with Gasteiger partial charge >= 0.3 is 0 Å². The molecule has 21 heavy (non-hydrogen) atoms. The molecule has 0 spiro atoms. The van der Waals surface area contributed by atoms with E-state index in [-0.39, 0.29) is 0 Å². The smallest absolute Gasteiger partial charge is 0.123 e. The second-order valence-corrected chi connectivity index (χ2v) is 6.15. The van der Waals surface area contributed by atoms with Crippen LogP contribution in [-0.2, 0) is 16.0 Å². The van der Waals surface area contributed by atoms with Crippen LogP contribution in [0, 0.1) is 5.92 Å². The van der Waals surface area contributed by atoms with Gasteiger partial charge in [0.2, 0.25) is 0 Å². The number of halogens is 1. The van der Waals surface area contributed by atoms with Crippen LogP contribution in [0.4, 0.5) is 0 Å². The Labute approximate surface area is 136 Å². The molecule has 0 fully saturated rings. The molecule has 0 atom stereocenters. The third kappa shape index (κ3) is 8.41. The summed E-state index contributed by atoms with van der Waals surface area (Å²) in [6.45, 7) is 8.51. The van der Waals surface area contributed by atoms with Gasteiger partial charge in [-0.05, 0) is 24.1 Å². The minimum Gasteiger partial charge on any atom is -0.491 e. The zero-order valence-electron chi connectivity index (χ0n) is 13.2. The monoisotopic (exact) mass is 359 g/mol. The van der Waals surface area contributed by atoms with Crippen LogP contribution >= 0.6 is 15.9 Å². The minimum atomic E-state index is 0.554. The third-order valence-electron chi connectivity index (χ3n) is 2.76. The van der Waals surface area contributed by atoms with Crippen LogP contribution in [0.25, 0.3) is 0 Å². The lowest BCUT2D eigenvalue weighted by Crippen LogP contribution is -2.19. The lowest BCUT2D eigenvalue weighted by atomic mass is 10.2. The van der Waals surface area contributed by atoms with Gasteiger partial charge in [0.1, 0.15) is 12.4 Å². The second-order valence-electron chi connectivity index (χ2n) is 5.24. The minimum absolute atomic E-state index is 0.554. The highest BCUT2D eigenvalue weighted by atomic mass is 79.9. The van der Waals surface area contributed by atoms with E-state index in [9.17, 15) is 0 Å². The van der Waals surface area contributed by atoms with Crippen molar-refractivity contribution >= 4 is 15.9 Å². The molecule has 0 aliphatic heterocycles. The van der Waals surface area contributed by atoms with Crippen LogP contribution in [0.5, 0.6) is 5.75 Å². The van der Waals surface area contributed by atoms with E-state index in [1.54, 1.807) is 7.11 Å². The summed E-state index contributed by atoms with van der Waals surface area (Å²) in [5.74, 6) is 1.45. The molecule has 1 rings (SSSR count). The molecule has 4 nitrogen and oxygen atoms in total. The van der Waals surface area contributed by atoms with Gasteiger partial charge in [-0.25, -0.2) is 0 Å². The molecule has 1 aromatic carbocycles. The summed E-state index contributed by atoms with van der Waals surface area (Å²) >= 11 is 3.50. The molecule has 0 aliphatic rings. The Morgan fingerprint density at radius 3 is 2.71 bits per heavy atom. The quantitative estimate of drug-likeness (QED) is 0.615. The number of rotatable bonds is 11. The average Bonchev–Trinajstić information content (AvgIpc) is 2.45. The number of hydrogen-bond acceptors (Lipinski definition) is 4. The first-order valence-electron chi connectivity index (χ1n) is 7.32. The van der Waals surface area contributed by atoms with E-state index in [1.807, 2.05) is 12.1 Å². The molecule has 0 amide bonds. The highest BCUT2D eigenvalue weighted by Crippen LogP contribution is 2.23. The molecular formula is C16H26BrNO3. The van der Waals surface area contributed by atoms with Crippen LogP contribution in [0.15, 0.2) is 22.7 Å². The first-order chi connectivity index (χ1) is 10.1. The van der Waals surface area contributed by atoms with Crippen LogP contribution in [0.2, 0.25) is 0 Å². The van der Waals surface area contributed by atoms with Gasteiger partial charge in [-0.15, -0.1) is 0 Å². The summed E-state index contributed by atoms with van der Waals surface area (Å²) in [6.07, 6.45) is 0. The molecular weight excluding hydrogens is 334 g/mol. The lowest BCUT2D eigenvalue weighted by molar-refractivity contribution is 0.0816. The van der Waals surface area contributed by atoms with Crippen molar-refractivity contribution < 1.29 is 14.2 Å². The first kappa shape index (κ1) is 18.4. The van der Waals surface area contributed by atoms with E-state index >= 15 is 0 Å². The molecule has 0 aliphatic carbocycles. The average molecular weight is 360 g/mol. The predicted molar refractivity (Wildman–Crippen MR) is 88.9 cm³/mol. The van der Waals surface area contributed by atoms with Gasteiger partial charge in [-0.1, -0.05) is 29.8 Å². The molecule has 0 saturated heterocycles. The summed E-state index contributed by atoms with van der Waals surface area (Å²) in [5, 5.41) is 3.33. The zero-order valence-corrected chi connectivity index (χ0v) is 14.7. The highest BCUT2D eigenvalue weighted by Gasteiger charge is 2.05. The normalized spacial score (nSPS) is 11.1. The zero-order chi connectivity index (χ0) is 15.5. The van der Waals surface area contributed by atoms with Crippen LogP contribution < -0.4 is 10.1 Å². The van der Waals surface area contributed by atoms with Gasteiger partial charge in [0.05, 0.1) is 13.2 Å². The molecule has 5 heteroatoms. The largest absolute Gasteiger partial charge is 0.491 e. The number of hydrogen-bond donors (Lipinski definition) is 1. The van der Waals surface area contributed by atoms with Crippen LogP contribution in [0.1, 0.15) is 19.4 Å². The number of methoxy groups -OCH3 is 1. The molecule has 0 saturated carbocycles. The fourth-order valence-electron chi connectivity index (χ4n) is 1.75. The fourth-order valence-corrected chi connectivity index (χ4v) is 2.16. The Morgan fingerprint density at radius 1 is 1.19 bits per heavy atom. The van der Waals surface area contributed by atoms with Crippen molar-refractivity contribution in [2.75, 3.05) is 40.1 Å². The third-order valence-corrected chi connectivity index (χ3v) is 3.25. The van der Waals surface area contributed by atoms with Gasteiger partial charge in [0.15, 0.2) is 0 Å². The maximum Gasteiger partial charge on any atom is 0.123 e. The topological polar surface area (TPSA) is 39.7 Å². The molecule has 120 valence electrons. The highest BCUT2D eigenvalue weighted by molar-refractivity contribution is 9.10. The van der Waals surface area contributed by atoms with Crippen molar-refractivity contribution in [2.45, 2.75) is 20.4 Å². The van der Waals surface area contributed by atoms with Gasteiger partial charge in [0, 0.05) is 36.8 Å². The Kier molecular flexibility index (Phi) is 9.67. The van der Waals surface area contributed by atoms with Crippen molar-refractivity contribution in [3.63, 3.8) is 0 Å². The summed E-state index contributed by atoms with van der Waals surface area (Å²) in [5.41, 5.74) is 1.13. The fraction of sp³-hybridized carbons (Fsp3) is 0.625. The number of ether oxygens (including phenoxy) is 3. The van der Waals surface area contributed by atoms with Crippen LogP contribution in [0.3, 0.4) is 0 Å². The van der Waals surface area contributed by atoms with E-state index in [0.29, 0.717) is 25.7 Å². The summed E-state index contributed by atoms with van der Waals surface area (Å²) in [7, 11) is 1.70. The van der Waals surface area contributed by atoms with Crippen molar-refractivity contribution in [1.29, 1.82) is 0 Å². The Hall–Kier alpha value is -0.620. The maximum absolute atomic E-state index is 5.81. The SMILES string of the molecule is COCCNCc1cc(Br)ccc1OCCOCC(C)C. The van der Waals surface area contributed by atoms with E-state index in [0.717, 1.165) is 35.5 Å². The van der Waals surface area contributed by atoms with Gasteiger partial charge in [-0.2, -0.15) is 0 Å². The first-order valence-corrected chi connectivity index (χ1v) is 8.11. The predicted octanol–water partition coefficient (Wildman–Crippen LogP) is 3.24. The second kappa shape index (κ2) is 11.0. The number of nitrogens with one attached hydrogen (secondary N) is 1. The van der Waals surface area contributed by atoms with Crippen molar-refractivity contribution in [3.8, 4) is 5.75 Å². The van der Waals surface area contributed by atoms with Crippen molar-refractivity contribution in [2.24, 2.45) is 5.92 Å². The summed E-state index contributed by atoms with van der Waals surface area (Å²) in [4.78, 5) is 0. The Morgan fingerprint density at radius 2 is 2.00 bits per heavy atom. The van der Waals surface area contributed by atoms with E-state index in [4.69, 9.17) is 14.2 Å². The molecule has 0 aromatic heterocycles. The van der Waals surface area contributed by atoms with Gasteiger partial charge < -0.3 is 19.5 Å². The maximum atomic E-state index is 5.81. The van der Waals surface area contributed by atoms with Gasteiger partial charge in [0.25, 0.3) is 0 Å². The van der Waals surface area contributed by atoms with E-state index in [2.05, 4.69) is 41.2 Å². The molecule has 0 unspecified atom stereocenters. The van der Waals surface area contributed by atoms with Crippen LogP contribution in [-0.4, -0.2) is 40.1 Å². The molecule has 1 N–H and O–H groups in total. The molecule has 1 aromatic rings. The van der Waals surface area contributed by atoms with Crippen molar-refractivity contribution in [1.82, 2.24) is 5.32 Å². The lowest BCUT2D eigenvalue weighted by Gasteiger charge is -2.13. The Balaban J connectivity index is 2.40. The molecule has 0 bridgehead atoms. The van der Waals surface area contributed by atoms with Crippen molar-refractivity contribution in [3.05, 3.63) is 28.2 Å².